The SMILES string of the molecule is CCCCC1NC(=O)[C@H]([C@@H](C)O)NC(=O)C([C@@H](C)CC)NC(=O)[C@H](CC(C)C)NC(=O)C(NC(C)=O)CSSCC(C(=O)N[C@@H](CCCN=C(N)N)C(=O)N[C@@H](Cc2ccc(O)cc2)C(N)=O)NC1=O. The van der Waals surface area contributed by atoms with Crippen LogP contribution in [-0.2, 0) is 49.6 Å². The van der Waals surface area contributed by atoms with Crippen molar-refractivity contribution in [2.24, 2.45) is 34.0 Å². The van der Waals surface area contributed by atoms with Crippen LogP contribution in [0.1, 0.15) is 99.0 Å². The molecule has 70 heavy (non-hydrogen) atoms. The number of nitrogens with one attached hydrogen (secondary N) is 8. The maximum Gasteiger partial charge on any atom is 0.245 e. The zero-order valence-electron chi connectivity index (χ0n) is 41.0. The molecule has 0 spiro atoms. The third kappa shape index (κ3) is 21.4. The van der Waals surface area contributed by atoms with Crippen LogP contribution >= 0.6 is 21.6 Å². The Balaban J connectivity index is 2.67. The van der Waals surface area contributed by atoms with E-state index in [0.29, 0.717) is 24.8 Å². The number of carbonyl (C=O) groups excluding carboxylic acids is 9. The summed E-state index contributed by atoms with van der Waals surface area (Å²) in [4.78, 5) is 127. The summed E-state index contributed by atoms with van der Waals surface area (Å²) in [5.41, 5.74) is 17.2. The molecule has 2 rings (SSSR count). The fourth-order valence-electron chi connectivity index (χ4n) is 7.04. The molecule has 1 aromatic carbocycles. The molecule has 9 amide bonds. The molecule has 0 aromatic heterocycles. The minimum absolute atomic E-state index is 0.0218. The van der Waals surface area contributed by atoms with Gasteiger partial charge in [-0.25, -0.2) is 0 Å². The van der Waals surface area contributed by atoms with Crippen LogP contribution in [0.5, 0.6) is 5.75 Å². The second kappa shape index (κ2) is 30.7. The molecule has 16 N–H and O–H groups in total. The Morgan fingerprint density at radius 1 is 0.771 bits per heavy atom. The quantitative estimate of drug-likeness (QED) is 0.0304. The number of benzene rings is 1. The minimum atomic E-state index is -1.62. The number of amides is 9. The van der Waals surface area contributed by atoms with Crippen LogP contribution in [0.3, 0.4) is 0 Å². The smallest absolute Gasteiger partial charge is 0.245 e. The number of hydrogen-bond acceptors (Lipinski definition) is 14. The molecule has 0 bridgehead atoms. The van der Waals surface area contributed by atoms with Crippen molar-refractivity contribution in [1.29, 1.82) is 0 Å². The number of aliphatic hydroxyl groups is 1. The molecule has 1 aliphatic heterocycles. The van der Waals surface area contributed by atoms with Crippen molar-refractivity contribution in [2.45, 2.75) is 154 Å². The van der Waals surface area contributed by atoms with Gasteiger partial charge in [-0.1, -0.05) is 87.6 Å². The van der Waals surface area contributed by atoms with Gasteiger partial charge in [-0.05, 0) is 62.1 Å². The van der Waals surface area contributed by atoms with Crippen molar-refractivity contribution in [2.75, 3.05) is 18.1 Å². The van der Waals surface area contributed by atoms with E-state index < -0.39 is 114 Å². The molecule has 25 heteroatoms. The van der Waals surface area contributed by atoms with E-state index in [1.165, 1.54) is 26.0 Å². The van der Waals surface area contributed by atoms with Crippen LogP contribution in [0.4, 0.5) is 0 Å². The van der Waals surface area contributed by atoms with Gasteiger partial charge in [0, 0.05) is 31.4 Å². The molecule has 0 aliphatic carbocycles. The fraction of sp³-hybridized carbons (Fsp3) is 0.644. The highest BCUT2D eigenvalue weighted by molar-refractivity contribution is 8.76. The Labute approximate surface area is 417 Å². The van der Waals surface area contributed by atoms with Crippen molar-refractivity contribution in [3.63, 3.8) is 0 Å². The molecule has 0 radical (unpaired) electrons. The van der Waals surface area contributed by atoms with Crippen LogP contribution in [0.25, 0.3) is 0 Å². The summed E-state index contributed by atoms with van der Waals surface area (Å²) in [5.74, 6) is -8.28. The summed E-state index contributed by atoms with van der Waals surface area (Å²) in [6.07, 6.45) is 0.141. The fourth-order valence-corrected chi connectivity index (χ4v) is 9.37. The van der Waals surface area contributed by atoms with Crippen molar-refractivity contribution < 1.29 is 53.4 Å². The summed E-state index contributed by atoms with van der Waals surface area (Å²) < 4.78 is 0. The lowest BCUT2D eigenvalue weighted by Crippen LogP contribution is -2.63. The number of phenols is 1. The van der Waals surface area contributed by atoms with Crippen molar-refractivity contribution >= 4 is 80.7 Å². The van der Waals surface area contributed by atoms with Crippen LogP contribution in [-0.4, -0.2) is 142 Å². The molecule has 1 fully saturated rings. The average Bonchev–Trinajstić information content (AvgIpc) is 3.28. The number of hydrogen-bond donors (Lipinski definition) is 13. The summed E-state index contributed by atoms with van der Waals surface area (Å²) in [6.45, 7) is 11.5. The van der Waals surface area contributed by atoms with Gasteiger partial charge in [-0.3, -0.25) is 48.1 Å². The molecular formula is C45H74N12O11S2. The predicted molar refractivity (Wildman–Crippen MR) is 267 cm³/mol. The van der Waals surface area contributed by atoms with Gasteiger partial charge < -0.3 is 69.9 Å². The molecule has 1 saturated heterocycles. The number of aliphatic hydroxyl groups excluding tert-OH is 1. The Morgan fingerprint density at radius 2 is 1.37 bits per heavy atom. The number of aliphatic imine (C=N–C) groups is 1. The first-order valence-corrected chi connectivity index (χ1v) is 25.9. The maximum absolute atomic E-state index is 14.4. The first kappa shape index (κ1) is 60.3. The third-order valence-electron chi connectivity index (χ3n) is 11.2. The Kier molecular flexibility index (Phi) is 26.5. The van der Waals surface area contributed by atoms with Crippen molar-refractivity contribution in [3.8, 4) is 5.75 Å². The maximum atomic E-state index is 14.4. The van der Waals surface area contributed by atoms with Crippen LogP contribution < -0.4 is 59.7 Å². The van der Waals surface area contributed by atoms with E-state index in [1.54, 1.807) is 26.0 Å². The largest absolute Gasteiger partial charge is 0.508 e. The second-order valence-corrected chi connectivity index (χ2v) is 20.3. The lowest BCUT2D eigenvalue weighted by atomic mass is 9.96. The number of rotatable bonds is 20. The van der Waals surface area contributed by atoms with Gasteiger partial charge in [-0.15, -0.1) is 0 Å². The summed E-state index contributed by atoms with van der Waals surface area (Å²) in [6, 6.07) is -4.70. The van der Waals surface area contributed by atoms with Gasteiger partial charge in [-0.2, -0.15) is 0 Å². The number of guanidine groups is 1. The van der Waals surface area contributed by atoms with Gasteiger partial charge in [0.1, 0.15) is 54.1 Å². The number of carbonyl (C=O) groups is 9. The molecule has 1 aliphatic rings. The standard InChI is InChI=1S/C45H74N12O11S2/c1-8-10-12-29-39(63)55-34(42(66)51-30(13-11-18-49-45(47)48)38(62)53-31(37(46)61)20-27-14-16-28(60)17-15-27)22-70-69-21-33(50-26(7)59)41(65)54-32(19-23(3)4)40(64)56-35(24(5)9-2)43(67)57-36(25(6)58)44(68)52-29/h14-17,23-25,29-36,58,60H,8-13,18-22H2,1-7H3,(H2,46,61)(H,50,59)(H,51,66)(H,52,68)(H,53,62)(H,54,65)(H,55,63)(H,56,64)(H,57,67)(H4,47,48,49)/t24-,25+,29?,30-,31-,32-,33?,34?,35?,36-/m0/s1. The van der Waals surface area contributed by atoms with E-state index in [1.807, 2.05) is 20.8 Å². The highest BCUT2D eigenvalue weighted by Crippen LogP contribution is 2.24. The normalized spacial score (nSPS) is 22.8. The molecule has 1 aromatic rings. The highest BCUT2D eigenvalue weighted by Gasteiger charge is 2.37. The van der Waals surface area contributed by atoms with Gasteiger partial charge >= 0.3 is 0 Å². The van der Waals surface area contributed by atoms with E-state index in [9.17, 15) is 53.4 Å². The molecule has 1 heterocycles. The Morgan fingerprint density at radius 3 is 1.94 bits per heavy atom. The van der Waals surface area contributed by atoms with Gasteiger partial charge in [0.25, 0.3) is 0 Å². The summed E-state index contributed by atoms with van der Waals surface area (Å²) in [7, 11) is 2.08. The molecule has 392 valence electrons. The molecule has 23 nitrogen and oxygen atoms in total. The van der Waals surface area contributed by atoms with Crippen LogP contribution in [0.15, 0.2) is 29.3 Å². The van der Waals surface area contributed by atoms with Crippen molar-refractivity contribution in [3.05, 3.63) is 29.8 Å². The monoisotopic (exact) mass is 1020 g/mol. The second-order valence-electron chi connectivity index (χ2n) is 17.7. The Bertz CT molecular complexity index is 1970. The summed E-state index contributed by atoms with van der Waals surface area (Å²) >= 11 is 0. The lowest BCUT2D eigenvalue weighted by Gasteiger charge is -2.31. The van der Waals surface area contributed by atoms with Gasteiger partial charge in [0.2, 0.25) is 53.2 Å². The molecular weight excluding hydrogens is 949 g/mol. The number of primary amides is 1. The zero-order chi connectivity index (χ0) is 52.7. The average molecular weight is 1020 g/mol. The minimum Gasteiger partial charge on any atom is -0.508 e. The van der Waals surface area contributed by atoms with Crippen molar-refractivity contribution in [1.82, 2.24) is 42.5 Å². The third-order valence-corrected chi connectivity index (χ3v) is 13.6. The molecule has 10 atom stereocenters. The topological polar surface area (TPSA) is 381 Å². The van der Waals surface area contributed by atoms with Gasteiger partial charge in [0.15, 0.2) is 5.96 Å². The number of phenolic OH excluding ortho intramolecular Hbond substituents is 1. The van der Waals surface area contributed by atoms with E-state index in [-0.39, 0.29) is 67.8 Å². The number of aromatic hydroxyl groups is 1. The van der Waals surface area contributed by atoms with E-state index in [0.717, 1.165) is 21.6 Å². The number of unbranched alkanes of at least 4 members (excludes halogenated alkanes) is 1. The predicted octanol–water partition coefficient (Wildman–Crippen LogP) is -1.57. The number of nitrogens with two attached hydrogens (primary N) is 3. The van der Waals surface area contributed by atoms with E-state index in [2.05, 4.69) is 47.5 Å². The molecule has 4 unspecified atom stereocenters. The van der Waals surface area contributed by atoms with Crippen LogP contribution in [0.2, 0.25) is 0 Å². The summed E-state index contributed by atoms with van der Waals surface area (Å²) in [5, 5.41) is 41.6. The first-order valence-electron chi connectivity index (χ1n) is 23.4. The zero-order valence-corrected chi connectivity index (χ0v) is 42.6. The van der Waals surface area contributed by atoms with E-state index >= 15 is 0 Å². The first-order chi connectivity index (χ1) is 33.0. The highest BCUT2D eigenvalue weighted by atomic mass is 33.1. The lowest BCUT2D eigenvalue weighted by molar-refractivity contribution is -0.137. The number of nitrogens with zero attached hydrogens (tertiary/aromatic N) is 1. The van der Waals surface area contributed by atoms with Crippen LogP contribution in [0, 0.1) is 11.8 Å². The van der Waals surface area contributed by atoms with E-state index in [4.69, 9.17) is 17.2 Å². The Hall–Kier alpha value is -5.82. The molecule has 0 saturated carbocycles. The van der Waals surface area contributed by atoms with Gasteiger partial charge in [0.05, 0.1) is 6.10 Å².